The minimum Gasteiger partial charge on any atom is -0.536 e. The Kier molecular flexibility index (Phi) is 3.11. The number of pyridine rings is 1. The molecule has 0 spiro atoms. The molecule has 1 aromatic rings. The Bertz CT molecular complexity index is 235. The van der Waals surface area contributed by atoms with Gasteiger partial charge in [0.05, 0.1) is 6.20 Å². The summed E-state index contributed by atoms with van der Waals surface area (Å²) < 4.78 is 4.71. The lowest BCUT2D eigenvalue weighted by Gasteiger charge is -2.05. The second kappa shape index (κ2) is 4.11. The molecule has 0 aromatic carbocycles. The Morgan fingerprint density at radius 3 is 2.67 bits per heavy atom. The molecule has 0 bridgehead atoms. The summed E-state index contributed by atoms with van der Waals surface area (Å²) in [6, 6.07) is 3.65. The summed E-state index contributed by atoms with van der Waals surface area (Å²) >= 11 is 0. The summed E-state index contributed by atoms with van der Waals surface area (Å²) in [4.78, 5) is 4.14. The van der Waals surface area contributed by atoms with E-state index in [0.717, 1.165) is 5.69 Å². The van der Waals surface area contributed by atoms with Gasteiger partial charge in [-0.1, -0.05) is 13.8 Å². The van der Waals surface area contributed by atoms with Crippen LogP contribution < -0.4 is 4.65 Å². The van der Waals surface area contributed by atoms with Crippen LogP contribution >= 0.6 is 0 Å². The van der Waals surface area contributed by atoms with Crippen LogP contribution in [0.1, 0.15) is 25.5 Å². The van der Waals surface area contributed by atoms with Gasteiger partial charge in [-0.2, -0.15) is 0 Å². The lowest BCUT2D eigenvalue weighted by atomic mass is 10.1. The minimum absolute atomic E-state index is 0.414. The van der Waals surface area contributed by atoms with E-state index in [2.05, 4.69) is 18.8 Å². The number of hydrogen-bond acceptors (Lipinski definition) is 3. The molecule has 0 aliphatic rings. The first-order chi connectivity index (χ1) is 5.74. The van der Waals surface area contributed by atoms with Crippen LogP contribution in [0.5, 0.6) is 5.75 Å². The van der Waals surface area contributed by atoms with E-state index in [0.29, 0.717) is 19.4 Å². The van der Waals surface area contributed by atoms with Gasteiger partial charge in [-0.15, -0.1) is 0 Å². The van der Waals surface area contributed by atoms with E-state index < -0.39 is 0 Å². The van der Waals surface area contributed by atoms with Gasteiger partial charge in [0, 0.05) is 5.69 Å². The average molecular weight is 164 g/mol. The highest BCUT2D eigenvalue weighted by Crippen LogP contribution is 2.14. The molecular weight excluding hydrogens is 153 g/mol. The first-order valence-corrected chi connectivity index (χ1v) is 3.82. The van der Waals surface area contributed by atoms with Crippen molar-refractivity contribution in [3.63, 3.8) is 0 Å². The quantitative estimate of drug-likeness (QED) is 0.680. The zero-order chi connectivity index (χ0) is 8.97. The van der Waals surface area contributed by atoms with Gasteiger partial charge in [-0.25, -0.2) is 0 Å². The third-order valence-corrected chi connectivity index (χ3v) is 1.54. The van der Waals surface area contributed by atoms with Crippen LogP contribution in [0, 0.1) is 0 Å². The predicted molar refractivity (Wildman–Crippen MR) is 46.9 cm³/mol. The fraction of sp³-hybridized carbons (Fsp3) is 0.375. The molecular formula is C8H11BNO2. The molecule has 1 rings (SSSR count). The molecule has 0 fully saturated rings. The lowest BCUT2D eigenvalue weighted by Crippen LogP contribution is -2.01. The van der Waals surface area contributed by atoms with E-state index in [1.807, 2.05) is 6.07 Å². The Morgan fingerprint density at radius 2 is 2.25 bits per heavy atom. The molecule has 12 heavy (non-hydrogen) atoms. The number of rotatable bonds is 3. The van der Waals surface area contributed by atoms with E-state index >= 15 is 0 Å². The minimum atomic E-state index is 0.414. The summed E-state index contributed by atoms with van der Waals surface area (Å²) in [5.41, 5.74) is 1.01. The highest BCUT2D eigenvalue weighted by Gasteiger charge is 2.00. The highest BCUT2D eigenvalue weighted by molar-refractivity contribution is 6.17. The Morgan fingerprint density at radius 1 is 1.50 bits per heavy atom. The van der Waals surface area contributed by atoms with Crippen molar-refractivity contribution in [1.29, 1.82) is 0 Å². The van der Waals surface area contributed by atoms with Gasteiger partial charge in [0.1, 0.15) is 5.75 Å². The number of nitrogens with zero attached hydrogens (tertiary/aromatic N) is 1. The van der Waals surface area contributed by atoms with Crippen LogP contribution in [-0.4, -0.2) is 17.7 Å². The van der Waals surface area contributed by atoms with E-state index in [1.165, 1.54) is 0 Å². The first kappa shape index (κ1) is 9.07. The zero-order valence-electron chi connectivity index (χ0n) is 7.19. The third kappa shape index (κ3) is 2.24. The van der Waals surface area contributed by atoms with Crippen molar-refractivity contribution >= 4 is 7.69 Å². The van der Waals surface area contributed by atoms with Crippen molar-refractivity contribution in [2.75, 3.05) is 0 Å². The van der Waals surface area contributed by atoms with Gasteiger partial charge in [0.15, 0.2) is 0 Å². The maximum Gasteiger partial charge on any atom is 0.569 e. The van der Waals surface area contributed by atoms with Crippen molar-refractivity contribution in [1.82, 2.24) is 4.98 Å². The van der Waals surface area contributed by atoms with E-state index in [4.69, 9.17) is 9.68 Å². The van der Waals surface area contributed by atoms with E-state index in [9.17, 15) is 0 Å². The molecule has 1 N–H and O–H groups in total. The Hall–Kier alpha value is -1.03. The topological polar surface area (TPSA) is 42.4 Å². The van der Waals surface area contributed by atoms with Crippen LogP contribution in [0.2, 0.25) is 0 Å². The average Bonchev–Trinajstić information content (AvgIpc) is 2.06. The maximum absolute atomic E-state index is 8.32. The van der Waals surface area contributed by atoms with Crippen LogP contribution in [0.15, 0.2) is 18.3 Å². The molecule has 1 aromatic heterocycles. The molecule has 0 amide bonds. The van der Waals surface area contributed by atoms with Crippen molar-refractivity contribution < 1.29 is 9.68 Å². The third-order valence-electron chi connectivity index (χ3n) is 1.54. The molecule has 0 saturated carbocycles. The van der Waals surface area contributed by atoms with Crippen molar-refractivity contribution in [2.24, 2.45) is 0 Å². The molecule has 0 atom stereocenters. The fourth-order valence-corrected chi connectivity index (χ4v) is 0.864. The second-order valence-corrected chi connectivity index (χ2v) is 2.80. The predicted octanol–water partition coefficient (Wildman–Crippen LogP) is 1.11. The van der Waals surface area contributed by atoms with Gasteiger partial charge in [-0.3, -0.25) is 4.98 Å². The normalized spacial score (nSPS) is 10.0. The number of aromatic nitrogens is 1. The molecule has 1 radical (unpaired) electrons. The van der Waals surface area contributed by atoms with Crippen LogP contribution in [0.4, 0.5) is 0 Å². The molecule has 0 aliphatic carbocycles. The van der Waals surface area contributed by atoms with Gasteiger partial charge in [0.2, 0.25) is 0 Å². The molecule has 1 heterocycles. The van der Waals surface area contributed by atoms with Crippen LogP contribution in [0.25, 0.3) is 0 Å². The molecule has 0 aliphatic heterocycles. The molecule has 4 heteroatoms. The van der Waals surface area contributed by atoms with Gasteiger partial charge in [-0.05, 0) is 18.1 Å². The van der Waals surface area contributed by atoms with Crippen molar-refractivity contribution in [3.05, 3.63) is 24.0 Å². The first-order valence-electron chi connectivity index (χ1n) is 3.82. The highest BCUT2D eigenvalue weighted by atomic mass is 16.5. The van der Waals surface area contributed by atoms with Gasteiger partial charge >= 0.3 is 7.69 Å². The van der Waals surface area contributed by atoms with E-state index in [-0.39, 0.29) is 0 Å². The summed E-state index contributed by atoms with van der Waals surface area (Å²) in [6.07, 6.45) is 1.59. The van der Waals surface area contributed by atoms with Crippen molar-refractivity contribution in [3.8, 4) is 5.75 Å². The Labute approximate surface area is 72.7 Å². The molecule has 0 saturated heterocycles. The van der Waals surface area contributed by atoms with Gasteiger partial charge in [0.25, 0.3) is 0 Å². The van der Waals surface area contributed by atoms with Crippen LogP contribution in [0.3, 0.4) is 0 Å². The smallest absolute Gasteiger partial charge is 0.536 e. The summed E-state index contributed by atoms with van der Waals surface area (Å²) in [6.45, 7) is 4.14. The standard InChI is InChI=1S/C8H11BNO2/c1-6(2)8-4-3-7(5-10-8)12-9-11/h3-6,11H,1-2H3. The summed E-state index contributed by atoms with van der Waals surface area (Å²) in [5, 5.41) is 8.32. The lowest BCUT2D eigenvalue weighted by molar-refractivity contribution is 0.452. The number of hydrogen-bond donors (Lipinski definition) is 1. The summed E-state index contributed by atoms with van der Waals surface area (Å²) in [5.74, 6) is 0.957. The van der Waals surface area contributed by atoms with Crippen LogP contribution in [-0.2, 0) is 0 Å². The fourth-order valence-electron chi connectivity index (χ4n) is 0.864. The molecule has 63 valence electrons. The zero-order valence-corrected chi connectivity index (χ0v) is 7.19. The maximum atomic E-state index is 8.32. The van der Waals surface area contributed by atoms with Crippen molar-refractivity contribution in [2.45, 2.75) is 19.8 Å². The van der Waals surface area contributed by atoms with Gasteiger partial charge < -0.3 is 9.68 Å². The summed E-state index contributed by atoms with van der Waals surface area (Å²) in [7, 11) is 0.645. The second-order valence-electron chi connectivity index (χ2n) is 2.80. The SMILES string of the molecule is CC(C)c1ccc(O[B]O)cn1. The molecule has 3 nitrogen and oxygen atoms in total. The largest absolute Gasteiger partial charge is 0.569 e. The monoisotopic (exact) mass is 164 g/mol. The Balaban J connectivity index is 2.71. The molecule has 0 unspecified atom stereocenters. The van der Waals surface area contributed by atoms with E-state index in [1.54, 1.807) is 12.3 Å².